The van der Waals surface area contributed by atoms with Gasteiger partial charge in [-0.1, -0.05) is 12.1 Å². The third-order valence-electron chi connectivity index (χ3n) is 4.55. The maximum absolute atomic E-state index is 12.2. The highest BCUT2D eigenvalue weighted by Crippen LogP contribution is 2.14. The summed E-state index contributed by atoms with van der Waals surface area (Å²) in [6, 6.07) is 18.3. The highest BCUT2D eigenvalue weighted by Gasteiger charge is 2.07. The molecule has 2 amide bonds. The van der Waals surface area contributed by atoms with Gasteiger partial charge in [0.05, 0.1) is 18.8 Å². The lowest BCUT2D eigenvalue weighted by molar-refractivity contribution is -0.114. The zero-order valence-electron chi connectivity index (χ0n) is 16.5. The Labute approximate surface area is 170 Å². The number of hydrogen-bond donors (Lipinski definition) is 3. The Morgan fingerprint density at radius 3 is 2.34 bits per heavy atom. The molecule has 0 fully saturated rings. The maximum atomic E-state index is 12.2. The minimum absolute atomic E-state index is 0.157. The van der Waals surface area contributed by atoms with Crippen LogP contribution in [0.1, 0.15) is 27.2 Å². The molecular formula is C23H24N4O2. The molecular weight excluding hydrogens is 364 g/mol. The first kappa shape index (κ1) is 20.1. The fourth-order valence-electron chi connectivity index (χ4n) is 2.72. The highest BCUT2D eigenvalue weighted by molar-refractivity contribution is 5.96. The monoisotopic (exact) mass is 388 g/mol. The minimum Gasteiger partial charge on any atom is -0.376 e. The van der Waals surface area contributed by atoms with Gasteiger partial charge in [-0.15, -0.1) is 0 Å². The number of anilines is 2. The van der Waals surface area contributed by atoms with Crippen molar-refractivity contribution in [3.8, 4) is 0 Å². The quantitative estimate of drug-likeness (QED) is 0.577. The van der Waals surface area contributed by atoms with Crippen molar-refractivity contribution in [2.75, 3.05) is 17.2 Å². The van der Waals surface area contributed by atoms with Crippen molar-refractivity contribution in [2.24, 2.45) is 0 Å². The number of nitrogens with zero attached hydrogens (tertiary/aromatic N) is 1. The number of hydrogen-bond acceptors (Lipinski definition) is 4. The van der Waals surface area contributed by atoms with E-state index in [-0.39, 0.29) is 18.4 Å². The molecule has 0 unspecified atom stereocenters. The lowest BCUT2D eigenvalue weighted by atomic mass is 10.1. The lowest BCUT2D eigenvalue weighted by Gasteiger charge is -2.10. The van der Waals surface area contributed by atoms with Crippen LogP contribution >= 0.6 is 0 Å². The van der Waals surface area contributed by atoms with Crippen LogP contribution in [0.25, 0.3) is 0 Å². The predicted molar refractivity (Wildman–Crippen MR) is 115 cm³/mol. The van der Waals surface area contributed by atoms with Crippen molar-refractivity contribution in [2.45, 2.75) is 20.4 Å². The molecule has 1 aromatic heterocycles. The largest absolute Gasteiger partial charge is 0.376 e. The third kappa shape index (κ3) is 5.90. The van der Waals surface area contributed by atoms with Gasteiger partial charge in [0.2, 0.25) is 5.91 Å². The van der Waals surface area contributed by atoms with E-state index in [1.54, 1.807) is 30.5 Å². The van der Waals surface area contributed by atoms with Crippen molar-refractivity contribution in [3.05, 3.63) is 89.2 Å². The summed E-state index contributed by atoms with van der Waals surface area (Å²) in [4.78, 5) is 28.6. The highest BCUT2D eigenvalue weighted by atomic mass is 16.2. The van der Waals surface area contributed by atoms with Crippen molar-refractivity contribution in [1.29, 1.82) is 0 Å². The molecule has 29 heavy (non-hydrogen) atoms. The van der Waals surface area contributed by atoms with Crippen molar-refractivity contribution in [1.82, 2.24) is 10.3 Å². The molecule has 2 aromatic carbocycles. The van der Waals surface area contributed by atoms with Gasteiger partial charge >= 0.3 is 0 Å². The van der Waals surface area contributed by atoms with Crippen LogP contribution in [0.2, 0.25) is 0 Å². The molecule has 0 aliphatic carbocycles. The molecule has 0 saturated heterocycles. The van der Waals surface area contributed by atoms with Gasteiger partial charge in [0.25, 0.3) is 5.91 Å². The van der Waals surface area contributed by atoms with E-state index >= 15 is 0 Å². The summed E-state index contributed by atoms with van der Waals surface area (Å²) in [5, 5.41) is 8.76. The number of aryl methyl sites for hydroxylation is 2. The van der Waals surface area contributed by atoms with Gasteiger partial charge in [-0.3, -0.25) is 14.6 Å². The van der Waals surface area contributed by atoms with Crippen LogP contribution in [-0.2, 0) is 11.3 Å². The summed E-state index contributed by atoms with van der Waals surface area (Å²) in [5.41, 5.74) is 5.24. The second-order valence-electron chi connectivity index (χ2n) is 6.78. The average Bonchev–Trinajstić information content (AvgIpc) is 2.74. The van der Waals surface area contributed by atoms with Gasteiger partial charge in [0.15, 0.2) is 0 Å². The zero-order valence-corrected chi connectivity index (χ0v) is 16.5. The molecule has 148 valence electrons. The summed E-state index contributed by atoms with van der Waals surface area (Å²) >= 11 is 0. The minimum atomic E-state index is -0.190. The molecule has 3 N–H and O–H groups in total. The number of benzene rings is 2. The fraction of sp³-hybridized carbons (Fsp3) is 0.174. The first-order valence-electron chi connectivity index (χ1n) is 9.40. The summed E-state index contributed by atoms with van der Waals surface area (Å²) < 4.78 is 0. The van der Waals surface area contributed by atoms with Crippen LogP contribution in [0.5, 0.6) is 0 Å². The van der Waals surface area contributed by atoms with Gasteiger partial charge in [0.1, 0.15) is 0 Å². The lowest BCUT2D eigenvalue weighted by Crippen LogP contribution is -2.23. The van der Waals surface area contributed by atoms with Gasteiger partial charge in [-0.05, 0) is 73.5 Å². The first-order chi connectivity index (χ1) is 14.0. The van der Waals surface area contributed by atoms with Gasteiger partial charge in [-0.2, -0.15) is 0 Å². The molecule has 6 heteroatoms. The van der Waals surface area contributed by atoms with Gasteiger partial charge < -0.3 is 16.0 Å². The Kier molecular flexibility index (Phi) is 6.58. The molecule has 1 heterocycles. The van der Waals surface area contributed by atoms with Crippen LogP contribution in [0.4, 0.5) is 11.4 Å². The second-order valence-corrected chi connectivity index (χ2v) is 6.78. The molecule has 0 radical (unpaired) electrons. The number of rotatable bonds is 7. The van der Waals surface area contributed by atoms with E-state index in [0.29, 0.717) is 17.8 Å². The van der Waals surface area contributed by atoms with E-state index in [9.17, 15) is 9.59 Å². The second kappa shape index (κ2) is 9.50. The molecule has 3 aromatic rings. The molecule has 0 aliphatic rings. The molecule has 3 rings (SSSR count). The Morgan fingerprint density at radius 1 is 0.897 bits per heavy atom. The first-order valence-corrected chi connectivity index (χ1v) is 9.40. The van der Waals surface area contributed by atoms with Crippen LogP contribution in [-0.4, -0.2) is 23.3 Å². The van der Waals surface area contributed by atoms with E-state index in [0.717, 1.165) is 11.4 Å². The van der Waals surface area contributed by atoms with E-state index in [1.807, 2.05) is 50.2 Å². The van der Waals surface area contributed by atoms with E-state index in [1.165, 1.54) is 11.1 Å². The standard InChI is InChI=1S/C23H24N4O2/c1-16-6-9-20(13-17(16)2)25-15-22(28)27-19-10-7-18(8-11-19)23(29)26-14-21-5-3-4-12-24-21/h3-13,25H,14-15H2,1-2H3,(H,26,29)(H,27,28). The Hall–Kier alpha value is -3.67. The van der Waals surface area contributed by atoms with Gasteiger partial charge in [-0.25, -0.2) is 0 Å². The predicted octanol–water partition coefficient (Wildman–Crippen LogP) is 3.68. The van der Waals surface area contributed by atoms with E-state index in [4.69, 9.17) is 0 Å². The fourth-order valence-corrected chi connectivity index (χ4v) is 2.72. The summed E-state index contributed by atoms with van der Waals surface area (Å²) in [5.74, 6) is -0.347. The maximum Gasteiger partial charge on any atom is 0.251 e. The number of carbonyl (C=O) groups excluding carboxylic acids is 2. The number of aromatic nitrogens is 1. The molecule has 0 atom stereocenters. The van der Waals surface area contributed by atoms with Crippen LogP contribution in [0.3, 0.4) is 0 Å². The van der Waals surface area contributed by atoms with E-state index in [2.05, 4.69) is 20.9 Å². The van der Waals surface area contributed by atoms with Crippen molar-refractivity contribution in [3.63, 3.8) is 0 Å². The summed E-state index contributed by atoms with van der Waals surface area (Å²) in [7, 11) is 0. The Bertz CT molecular complexity index is 986. The normalized spacial score (nSPS) is 10.3. The molecule has 0 saturated carbocycles. The molecule has 6 nitrogen and oxygen atoms in total. The smallest absolute Gasteiger partial charge is 0.251 e. The van der Waals surface area contributed by atoms with Crippen molar-refractivity contribution < 1.29 is 9.59 Å². The number of amides is 2. The summed E-state index contributed by atoms with van der Waals surface area (Å²) in [6.45, 7) is 4.61. The van der Waals surface area contributed by atoms with E-state index < -0.39 is 0 Å². The average molecular weight is 388 g/mol. The topological polar surface area (TPSA) is 83.1 Å². The van der Waals surface area contributed by atoms with Crippen LogP contribution < -0.4 is 16.0 Å². The van der Waals surface area contributed by atoms with Crippen LogP contribution in [0.15, 0.2) is 66.9 Å². The van der Waals surface area contributed by atoms with Crippen molar-refractivity contribution >= 4 is 23.2 Å². The molecule has 0 aliphatic heterocycles. The number of nitrogens with one attached hydrogen (secondary N) is 3. The Balaban J connectivity index is 1.48. The van der Waals surface area contributed by atoms with Crippen LogP contribution in [0, 0.1) is 13.8 Å². The zero-order chi connectivity index (χ0) is 20.6. The van der Waals surface area contributed by atoms with Gasteiger partial charge in [0, 0.05) is 23.1 Å². The third-order valence-corrected chi connectivity index (χ3v) is 4.55. The number of pyridine rings is 1. The SMILES string of the molecule is Cc1ccc(NCC(=O)Nc2ccc(C(=O)NCc3ccccn3)cc2)cc1C. The number of carbonyl (C=O) groups is 2. The summed E-state index contributed by atoms with van der Waals surface area (Å²) in [6.07, 6.45) is 1.69. The Morgan fingerprint density at radius 2 is 1.66 bits per heavy atom. The molecule has 0 spiro atoms. The molecule has 0 bridgehead atoms.